The zero-order chi connectivity index (χ0) is 16.6. The van der Waals surface area contributed by atoms with Gasteiger partial charge in [-0.2, -0.15) is 0 Å². The SMILES string of the molecule is O=C1C(=O)C(c2ccc(Br)cc2)C(=O)C(=O)C1c1ccccc1. The van der Waals surface area contributed by atoms with Gasteiger partial charge >= 0.3 is 0 Å². The molecule has 2 aromatic carbocycles. The summed E-state index contributed by atoms with van der Waals surface area (Å²) in [6, 6.07) is 14.6. The van der Waals surface area contributed by atoms with E-state index in [-0.39, 0.29) is 0 Å². The molecule has 3 rings (SSSR count). The minimum atomic E-state index is -1.33. The Labute approximate surface area is 140 Å². The molecule has 0 atom stereocenters. The second-order valence-corrected chi connectivity index (χ2v) is 6.20. The van der Waals surface area contributed by atoms with Crippen LogP contribution in [-0.2, 0) is 19.2 Å². The van der Waals surface area contributed by atoms with Crippen molar-refractivity contribution in [2.24, 2.45) is 0 Å². The molecule has 0 radical (unpaired) electrons. The van der Waals surface area contributed by atoms with Crippen LogP contribution in [0.2, 0.25) is 0 Å². The number of Topliss-reactive ketones (excluding diaryl/α,β-unsaturated/α-hetero) is 4. The fraction of sp³-hybridized carbons (Fsp3) is 0.111. The van der Waals surface area contributed by atoms with Crippen molar-refractivity contribution in [2.45, 2.75) is 11.8 Å². The van der Waals surface area contributed by atoms with Gasteiger partial charge in [-0.1, -0.05) is 58.4 Å². The fourth-order valence-electron chi connectivity index (χ4n) is 2.71. The molecule has 0 bridgehead atoms. The van der Waals surface area contributed by atoms with E-state index in [1.54, 1.807) is 54.6 Å². The van der Waals surface area contributed by atoms with Crippen molar-refractivity contribution in [3.8, 4) is 0 Å². The van der Waals surface area contributed by atoms with Gasteiger partial charge in [0.15, 0.2) is 0 Å². The number of hydrogen-bond donors (Lipinski definition) is 0. The summed E-state index contributed by atoms with van der Waals surface area (Å²) >= 11 is 3.26. The monoisotopic (exact) mass is 370 g/mol. The molecule has 0 aromatic heterocycles. The molecule has 4 nitrogen and oxygen atoms in total. The van der Waals surface area contributed by atoms with E-state index in [0.29, 0.717) is 11.1 Å². The first-order chi connectivity index (χ1) is 11.0. The molecule has 0 heterocycles. The molecule has 1 aliphatic carbocycles. The lowest BCUT2D eigenvalue weighted by Gasteiger charge is -2.24. The van der Waals surface area contributed by atoms with Crippen LogP contribution in [0.1, 0.15) is 23.0 Å². The van der Waals surface area contributed by atoms with E-state index in [1.807, 2.05) is 0 Å². The smallest absolute Gasteiger partial charge is 0.214 e. The summed E-state index contributed by atoms with van der Waals surface area (Å²) in [6.45, 7) is 0. The minimum absolute atomic E-state index is 0.358. The van der Waals surface area contributed by atoms with Crippen LogP contribution >= 0.6 is 15.9 Å². The molecule has 5 heteroatoms. The standard InChI is InChI=1S/C18H11BrO4/c19-12-8-6-11(7-9-12)14-17(22)15(20)13(16(21)18(14)23)10-4-2-1-3-5-10/h1-9,13-14H. The largest absolute Gasteiger partial charge is 0.290 e. The number of halogens is 1. The fourth-order valence-corrected chi connectivity index (χ4v) is 2.98. The highest BCUT2D eigenvalue weighted by atomic mass is 79.9. The second kappa shape index (κ2) is 6.01. The number of ketones is 4. The van der Waals surface area contributed by atoms with Crippen molar-refractivity contribution >= 4 is 39.1 Å². The zero-order valence-electron chi connectivity index (χ0n) is 11.9. The van der Waals surface area contributed by atoms with Gasteiger partial charge in [0.2, 0.25) is 23.1 Å². The molecule has 0 spiro atoms. The molecule has 0 unspecified atom stereocenters. The van der Waals surface area contributed by atoms with Crippen LogP contribution in [0.4, 0.5) is 0 Å². The first kappa shape index (κ1) is 15.5. The van der Waals surface area contributed by atoms with Crippen LogP contribution in [0.3, 0.4) is 0 Å². The molecule has 1 fully saturated rings. The maximum atomic E-state index is 12.4. The predicted octanol–water partition coefficient (Wildman–Crippen LogP) is 2.61. The first-order valence-electron chi connectivity index (χ1n) is 6.97. The number of benzene rings is 2. The molecule has 0 aliphatic heterocycles. The van der Waals surface area contributed by atoms with Crippen molar-refractivity contribution in [1.29, 1.82) is 0 Å². The molecule has 0 N–H and O–H groups in total. The lowest BCUT2D eigenvalue weighted by Crippen LogP contribution is -2.46. The van der Waals surface area contributed by atoms with Crippen molar-refractivity contribution in [3.05, 3.63) is 70.2 Å². The highest BCUT2D eigenvalue weighted by molar-refractivity contribution is 9.10. The zero-order valence-corrected chi connectivity index (χ0v) is 13.4. The predicted molar refractivity (Wildman–Crippen MR) is 86.1 cm³/mol. The van der Waals surface area contributed by atoms with E-state index in [2.05, 4.69) is 15.9 Å². The Bertz CT molecular complexity index is 781. The molecule has 23 heavy (non-hydrogen) atoms. The van der Waals surface area contributed by atoms with Gasteiger partial charge < -0.3 is 0 Å². The molecule has 0 saturated heterocycles. The van der Waals surface area contributed by atoms with E-state index in [0.717, 1.165) is 4.47 Å². The molecule has 114 valence electrons. The Balaban J connectivity index is 2.02. The summed E-state index contributed by atoms with van der Waals surface area (Å²) in [6.07, 6.45) is 0. The molecular weight excluding hydrogens is 360 g/mol. The molecular formula is C18H11BrO4. The highest BCUT2D eigenvalue weighted by Crippen LogP contribution is 2.32. The maximum absolute atomic E-state index is 12.4. The van der Waals surface area contributed by atoms with Gasteiger partial charge in [0.05, 0.1) is 0 Å². The maximum Gasteiger partial charge on any atom is 0.214 e. The minimum Gasteiger partial charge on any atom is -0.290 e. The molecule has 1 saturated carbocycles. The van der Waals surface area contributed by atoms with Gasteiger partial charge in [0.25, 0.3) is 0 Å². The molecule has 1 aliphatic rings. The summed E-state index contributed by atoms with van der Waals surface area (Å²) < 4.78 is 0.775. The van der Waals surface area contributed by atoms with Gasteiger partial charge in [-0.3, -0.25) is 19.2 Å². The Morgan fingerprint density at radius 2 is 0.957 bits per heavy atom. The summed E-state index contributed by atoms with van der Waals surface area (Å²) in [5.41, 5.74) is 0.731. The summed E-state index contributed by atoms with van der Waals surface area (Å²) in [5.74, 6) is -5.95. The number of rotatable bonds is 2. The third-order valence-electron chi connectivity index (χ3n) is 3.87. The Morgan fingerprint density at radius 3 is 1.39 bits per heavy atom. The number of hydrogen-bond acceptors (Lipinski definition) is 4. The van der Waals surface area contributed by atoms with Crippen LogP contribution in [0.5, 0.6) is 0 Å². The van der Waals surface area contributed by atoms with Crippen molar-refractivity contribution in [1.82, 2.24) is 0 Å². The van der Waals surface area contributed by atoms with Crippen molar-refractivity contribution < 1.29 is 19.2 Å². The Morgan fingerprint density at radius 1 is 0.565 bits per heavy atom. The van der Waals surface area contributed by atoms with E-state index in [9.17, 15) is 19.2 Å². The van der Waals surface area contributed by atoms with E-state index in [1.165, 1.54) is 0 Å². The highest BCUT2D eigenvalue weighted by Gasteiger charge is 2.49. The lowest BCUT2D eigenvalue weighted by molar-refractivity contribution is -0.151. The quantitative estimate of drug-likeness (QED) is 0.601. The van der Waals surface area contributed by atoms with Crippen molar-refractivity contribution in [3.63, 3.8) is 0 Å². The van der Waals surface area contributed by atoms with Crippen LogP contribution in [0.25, 0.3) is 0 Å². The Kier molecular flexibility index (Phi) is 4.05. The summed E-state index contributed by atoms with van der Waals surface area (Å²) in [4.78, 5) is 49.6. The van der Waals surface area contributed by atoms with Gasteiger partial charge in [0, 0.05) is 4.47 Å². The third-order valence-corrected chi connectivity index (χ3v) is 4.40. The third kappa shape index (κ3) is 2.68. The average molecular weight is 371 g/mol. The van der Waals surface area contributed by atoms with E-state index < -0.39 is 35.0 Å². The van der Waals surface area contributed by atoms with Gasteiger partial charge in [0.1, 0.15) is 11.8 Å². The number of carbonyl (C=O) groups is 4. The summed E-state index contributed by atoms with van der Waals surface area (Å²) in [5, 5.41) is 0. The van der Waals surface area contributed by atoms with Crippen LogP contribution in [0.15, 0.2) is 59.1 Å². The van der Waals surface area contributed by atoms with E-state index >= 15 is 0 Å². The van der Waals surface area contributed by atoms with Crippen LogP contribution in [-0.4, -0.2) is 23.1 Å². The molecule has 0 amide bonds. The van der Waals surface area contributed by atoms with Crippen LogP contribution in [0, 0.1) is 0 Å². The first-order valence-corrected chi connectivity index (χ1v) is 7.76. The van der Waals surface area contributed by atoms with Gasteiger partial charge in [-0.05, 0) is 23.3 Å². The second-order valence-electron chi connectivity index (χ2n) is 5.29. The van der Waals surface area contributed by atoms with Gasteiger partial charge in [-0.25, -0.2) is 0 Å². The molecule has 2 aromatic rings. The topological polar surface area (TPSA) is 68.3 Å². The summed E-state index contributed by atoms with van der Waals surface area (Å²) in [7, 11) is 0. The van der Waals surface area contributed by atoms with Gasteiger partial charge in [-0.15, -0.1) is 0 Å². The van der Waals surface area contributed by atoms with E-state index in [4.69, 9.17) is 0 Å². The van der Waals surface area contributed by atoms with Crippen LogP contribution < -0.4 is 0 Å². The Hall–Kier alpha value is -2.40. The average Bonchev–Trinajstić information content (AvgIpc) is 2.56. The van der Waals surface area contributed by atoms with Crippen molar-refractivity contribution in [2.75, 3.05) is 0 Å². The number of carbonyl (C=O) groups excluding carboxylic acids is 4. The lowest BCUT2D eigenvalue weighted by atomic mass is 9.73. The normalized spacial score (nSPS) is 21.6.